The van der Waals surface area contributed by atoms with Gasteiger partial charge in [0.1, 0.15) is 18.0 Å². The number of fused-ring (bicyclic) bond motifs is 1. The van der Waals surface area contributed by atoms with Gasteiger partial charge >= 0.3 is 0 Å². The summed E-state index contributed by atoms with van der Waals surface area (Å²) in [5.41, 5.74) is 9.03. The molecule has 0 fully saturated rings. The molecule has 1 atom stereocenters. The molecular formula is C20H26Cl2N4O2. The van der Waals surface area contributed by atoms with Gasteiger partial charge in [-0.1, -0.05) is 19.1 Å². The molecule has 0 spiro atoms. The van der Waals surface area contributed by atoms with E-state index in [1.165, 1.54) is 5.56 Å². The highest BCUT2D eigenvalue weighted by molar-refractivity contribution is 5.94. The van der Waals surface area contributed by atoms with Gasteiger partial charge in [0, 0.05) is 24.5 Å². The van der Waals surface area contributed by atoms with E-state index < -0.39 is 0 Å². The number of nitrogens with one attached hydrogen (secondary N) is 1. The molecule has 3 N–H and O–H groups in total. The van der Waals surface area contributed by atoms with Gasteiger partial charge in [0.05, 0.1) is 5.69 Å². The quantitative estimate of drug-likeness (QED) is 0.608. The molecule has 1 amide bonds. The van der Waals surface area contributed by atoms with E-state index in [1.807, 2.05) is 54.9 Å². The molecule has 0 aliphatic heterocycles. The average Bonchev–Trinajstić information content (AvgIpc) is 3.06. The Kier molecular flexibility index (Phi) is 9.25. The van der Waals surface area contributed by atoms with Crippen LogP contribution in [0.25, 0.3) is 5.65 Å². The van der Waals surface area contributed by atoms with Crippen LogP contribution in [0.4, 0.5) is 0 Å². The Labute approximate surface area is 177 Å². The van der Waals surface area contributed by atoms with Gasteiger partial charge < -0.3 is 20.2 Å². The normalized spacial score (nSPS) is 11.2. The van der Waals surface area contributed by atoms with Crippen LogP contribution in [-0.2, 0) is 6.61 Å². The third kappa shape index (κ3) is 6.12. The Morgan fingerprint density at radius 3 is 2.79 bits per heavy atom. The van der Waals surface area contributed by atoms with E-state index in [0.29, 0.717) is 31.0 Å². The number of benzene rings is 1. The number of hydrogen-bond donors (Lipinski definition) is 2. The van der Waals surface area contributed by atoms with Gasteiger partial charge in [-0.05, 0) is 49.2 Å². The highest BCUT2D eigenvalue weighted by atomic mass is 35.5. The van der Waals surface area contributed by atoms with Crippen LogP contribution in [0.2, 0.25) is 0 Å². The lowest BCUT2D eigenvalue weighted by Crippen LogP contribution is -2.31. The SMILES string of the molecule is Cc1ccc2nc(COc3cccc(C(=O)NCC(C)CN)c3)cn2c1.Cl.Cl. The fraction of sp³-hybridized carbons (Fsp3) is 0.300. The number of aryl methyl sites for hydroxylation is 1. The number of hydrogen-bond acceptors (Lipinski definition) is 4. The first-order valence-electron chi connectivity index (χ1n) is 8.70. The molecule has 152 valence electrons. The Balaban J connectivity index is 0.00000196. The Hall–Kier alpha value is -2.28. The van der Waals surface area contributed by atoms with Crippen molar-refractivity contribution in [1.82, 2.24) is 14.7 Å². The minimum absolute atomic E-state index is 0. The summed E-state index contributed by atoms with van der Waals surface area (Å²) in [5.74, 6) is 0.758. The molecule has 1 aromatic carbocycles. The van der Waals surface area contributed by atoms with Gasteiger partial charge in [0.2, 0.25) is 0 Å². The fourth-order valence-electron chi connectivity index (χ4n) is 2.56. The summed E-state index contributed by atoms with van der Waals surface area (Å²) in [6.45, 7) is 5.48. The van der Waals surface area contributed by atoms with Gasteiger partial charge in [-0.25, -0.2) is 4.98 Å². The van der Waals surface area contributed by atoms with Gasteiger partial charge in [-0.15, -0.1) is 24.8 Å². The molecule has 0 aliphatic rings. The van der Waals surface area contributed by atoms with Crippen LogP contribution in [-0.4, -0.2) is 28.4 Å². The van der Waals surface area contributed by atoms with Crippen molar-refractivity contribution in [3.05, 3.63) is 65.6 Å². The smallest absolute Gasteiger partial charge is 0.251 e. The Bertz CT molecular complexity index is 914. The Morgan fingerprint density at radius 2 is 2.04 bits per heavy atom. The second-order valence-corrected chi connectivity index (χ2v) is 6.57. The molecule has 3 aromatic rings. The van der Waals surface area contributed by atoms with Gasteiger partial charge in [-0.2, -0.15) is 0 Å². The third-order valence-corrected chi connectivity index (χ3v) is 4.15. The van der Waals surface area contributed by atoms with E-state index in [4.69, 9.17) is 10.5 Å². The van der Waals surface area contributed by atoms with Crippen LogP contribution in [0, 0.1) is 12.8 Å². The molecule has 6 nitrogen and oxygen atoms in total. The first-order chi connectivity index (χ1) is 12.5. The highest BCUT2D eigenvalue weighted by Gasteiger charge is 2.09. The summed E-state index contributed by atoms with van der Waals surface area (Å²) in [6, 6.07) is 11.2. The molecular weight excluding hydrogens is 399 g/mol. The predicted octanol–water partition coefficient (Wildman–Crippen LogP) is 3.39. The standard InChI is InChI=1S/C20H24N4O2.2ClH/c1-14-6-7-19-23-17(12-24(19)11-14)13-26-18-5-3-4-16(8-18)20(25)22-10-15(2)9-21;;/h3-8,11-12,15H,9-10,13,21H2,1-2H3,(H,22,25);2*1H. The van der Waals surface area contributed by atoms with Gasteiger partial charge in [0.25, 0.3) is 5.91 Å². The number of halogens is 2. The summed E-state index contributed by atoms with van der Waals surface area (Å²) < 4.78 is 7.80. The number of carbonyl (C=O) groups excluding carboxylic acids is 1. The number of aromatic nitrogens is 2. The van der Waals surface area contributed by atoms with E-state index in [9.17, 15) is 4.79 Å². The van der Waals surface area contributed by atoms with Crippen molar-refractivity contribution in [2.45, 2.75) is 20.5 Å². The first kappa shape index (κ1) is 23.8. The molecule has 0 radical (unpaired) electrons. The number of amides is 1. The number of imidazole rings is 1. The van der Waals surface area contributed by atoms with Crippen molar-refractivity contribution in [2.75, 3.05) is 13.1 Å². The van der Waals surface area contributed by atoms with Crippen molar-refractivity contribution in [1.29, 1.82) is 0 Å². The lowest BCUT2D eigenvalue weighted by molar-refractivity contribution is 0.0948. The first-order valence-corrected chi connectivity index (χ1v) is 8.70. The van der Waals surface area contributed by atoms with Gasteiger partial charge in [0.15, 0.2) is 0 Å². The predicted molar refractivity (Wildman–Crippen MR) is 116 cm³/mol. The minimum atomic E-state index is -0.126. The molecule has 8 heteroatoms. The second-order valence-electron chi connectivity index (χ2n) is 6.57. The van der Waals surface area contributed by atoms with Gasteiger partial charge in [-0.3, -0.25) is 4.79 Å². The summed E-state index contributed by atoms with van der Waals surface area (Å²) in [5, 5.41) is 2.88. The lowest BCUT2D eigenvalue weighted by Gasteiger charge is -2.11. The maximum atomic E-state index is 12.2. The molecule has 0 bridgehead atoms. The molecule has 3 rings (SSSR count). The van der Waals surface area contributed by atoms with Crippen molar-refractivity contribution in [2.24, 2.45) is 11.7 Å². The molecule has 28 heavy (non-hydrogen) atoms. The van der Waals surface area contributed by atoms with Crippen molar-refractivity contribution in [3.63, 3.8) is 0 Å². The van der Waals surface area contributed by atoms with Crippen molar-refractivity contribution in [3.8, 4) is 5.75 Å². The lowest BCUT2D eigenvalue weighted by atomic mass is 10.1. The second kappa shape index (κ2) is 10.9. The summed E-state index contributed by atoms with van der Waals surface area (Å²) >= 11 is 0. The number of rotatable bonds is 7. The highest BCUT2D eigenvalue weighted by Crippen LogP contribution is 2.16. The third-order valence-electron chi connectivity index (χ3n) is 4.15. The summed E-state index contributed by atoms with van der Waals surface area (Å²) in [7, 11) is 0. The molecule has 0 saturated heterocycles. The maximum Gasteiger partial charge on any atom is 0.251 e. The Morgan fingerprint density at radius 1 is 1.25 bits per heavy atom. The van der Waals surface area contributed by atoms with Crippen LogP contribution >= 0.6 is 24.8 Å². The van der Waals surface area contributed by atoms with Crippen LogP contribution in [0.3, 0.4) is 0 Å². The van der Waals surface area contributed by atoms with E-state index in [-0.39, 0.29) is 36.6 Å². The topological polar surface area (TPSA) is 81.6 Å². The fourth-order valence-corrected chi connectivity index (χ4v) is 2.56. The largest absolute Gasteiger partial charge is 0.487 e. The van der Waals surface area contributed by atoms with Crippen LogP contribution in [0.5, 0.6) is 5.75 Å². The molecule has 2 aromatic heterocycles. The summed E-state index contributed by atoms with van der Waals surface area (Å²) in [6.07, 6.45) is 3.98. The monoisotopic (exact) mass is 424 g/mol. The number of ether oxygens (including phenoxy) is 1. The van der Waals surface area contributed by atoms with Crippen molar-refractivity contribution >= 4 is 36.4 Å². The number of nitrogens with zero attached hydrogens (tertiary/aromatic N) is 2. The molecule has 0 aliphatic carbocycles. The zero-order valence-electron chi connectivity index (χ0n) is 15.9. The van der Waals surface area contributed by atoms with E-state index in [2.05, 4.69) is 10.3 Å². The van der Waals surface area contributed by atoms with E-state index >= 15 is 0 Å². The minimum Gasteiger partial charge on any atom is -0.487 e. The van der Waals surface area contributed by atoms with Crippen LogP contribution < -0.4 is 15.8 Å². The number of nitrogens with two attached hydrogens (primary N) is 1. The number of carbonyl (C=O) groups is 1. The van der Waals surface area contributed by atoms with E-state index in [0.717, 1.165) is 11.3 Å². The zero-order chi connectivity index (χ0) is 18.5. The molecule has 2 heterocycles. The molecule has 1 unspecified atom stereocenters. The average molecular weight is 425 g/mol. The van der Waals surface area contributed by atoms with Crippen molar-refractivity contribution < 1.29 is 9.53 Å². The summed E-state index contributed by atoms with van der Waals surface area (Å²) in [4.78, 5) is 16.7. The molecule has 0 saturated carbocycles. The van der Waals surface area contributed by atoms with E-state index in [1.54, 1.807) is 12.1 Å². The van der Waals surface area contributed by atoms with Crippen LogP contribution in [0.1, 0.15) is 28.5 Å². The maximum absolute atomic E-state index is 12.2. The number of pyridine rings is 1. The zero-order valence-corrected chi connectivity index (χ0v) is 17.6. The van der Waals surface area contributed by atoms with Crippen LogP contribution in [0.15, 0.2) is 48.8 Å².